The number of amides is 1. The fourth-order valence-electron chi connectivity index (χ4n) is 2.66. The zero-order valence-corrected chi connectivity index (χ0v) is 11.9. The van der Waals surface area contributed by atoms with E-state index in [1.165, 1.54) is 38.5 Å². The smallest absolute Gasteiger partial charge is 0.224 e. The van der Waals surface area contributed by atoms with Crippen LogP contribution in [0.2, 0.25) is 5.02 Å². The van der Waals surface area contributed by atoms with E-state index in [1.54, 1.807) is 18.2 Å². The second kappa shape index (κ2) is 6.80. The Morgan fingerprint density at radius 2 is 1.95 bits per heavy atom. The van der Waals surface area contributed by atoms with Gasteiger partial charge in [-0.2, -0.15) is 0 Å². The molecule has 0 unspecified atom stereocenters. The molecule has 0 atom stereocenters. The second-order valence-corrected chi connectivity index (χ2v) is 5.76. The molecule has 104 valence electrons. The molecule has 0 aromatic heterocycles. The van der Waals surface area contributed by atoms with Gasteiger partial charge in [0.1, 0.15) is 0 Å². The van der Waals surface area contributed by atoms with Crippen LogP contribution in [0.1, 0.15) is 44.9 Å². The highest BCUT2D eigenvalue weighted by Crippen LogP contribution is 2.27. The van der Waals surface area contributed by atoms with Crippen molar-refractivity contribution >= 4 is 28.9 Å². The Bertz CT molecular complexity index is 440. The third kappa shape index (κ3) is 4.43. The molecule has 0 heterocycles. The highest BCUT2D eigenvalue weighted by Gasteiger charge is 2.16. The van der Waals surface area contributed by atoms with E-state index in [1.807, 2.05) is 0 Å². The minimum Gasteiger partial charge on any atom is -0.399 e. The first kappa shape index (κ1) is 14.2. The largest absolute Gasteiger partial charge is 0.399 e. The molecule has 1 amide bonds. The van der Waals surface area contributed by atoms with Gasteiger partial charge in [-0.25, -0.2) is 0 Å². The molecule has 0 aliphatic heterocycles. The van der Waals surface area contributed by atoms with Gasteiger partial charge < -0.3 is 11.1 Å². The first-order valence-corrected chi connectivity index (χ1v) is 7.38. The van der Waals surface area contributed by atoms with Gasteiger partial charge in [0.25, 0.3) is 0 Å². The molecule has 2 rings (SSSR count). The summed E-state index contributed by atoms with van der Waals surface area (Å²) in [7, 11) is 0. The Balaban J connectivity index is 1.89. The Hall–Kier alpha value is -1.22. The SMILES string of the molecule is Nc1ccc(NC(=O)CC2CCCCCC2)c(Cl)c1. The molecule has 1 saturated carbocycles. The van der Waals surface area contributed by atoms with Crippen LogP contribution in [0.4, 0.5) is 11.4 Å². The van der Waals surface area contributed by atoms with Gasteiger partial charge in [-0.05, 0) is 37.0 Å². The second-order valence-electron chi connectivity index (χ2n) is 5.35. The number of halogens is 1. The summed E-state index contributed by atoms with van der Waals surface area (Å²) in [6.45, 7) is 0. The quantitative estimate of drug-likeness (QED) is 0.643. The number of carbonyl (C=O) groups is 1. The van der Waals surface area contributed by atoms with Gasteiger partial charge >= 0.3 is 0 Å². The maximum atomic E-state index is 12.0. The Morgan fingerprint density at radius 1 is 1.26 bits per heavy atom. The normalized spacial score (nSPS) is 16.9. The lowest BCUT2D eigenvalue weighted by molar-refractivity contribution is -0.117. The van der Waals surface area contributed by atoms with E-state index in [0.717, 1.165) is 0 Å². The van der Waals surface area contributed by atoms with Crippen molar-refractivity contribution in [2.45, 2.75) is 44.9 Å². The third-order valence-corrected chi connectivity index (χ3v) is 4.03. The summed E-state index contributed by atoms with van der Waals surface area (Å²) in [4.78, 5) is 12.0. The number of hydrogen-bond acceptors (Lipinski definition) is 2. The number of hydrogen-bond donors (Lipinski definition) is 2. The maximum Gasteiger partial charge on any atom is 0.224 e. The highest BCUT2D eigenvalue weighted by molar-refractivity contribution is 6.34. The lowest BCUT2D eigenvalue weighted by atomic mass is 9.96. The van der Waals surface area contributed by atoms with E-state index in [4.69, 9.17) is 17.3 Å². The molecule has 0 bridgehead atoms. The van der Waals surface area contributed by atoms with Gasteiger partial charge in [0.2, 0.25) is 5.91 Å². The topological polar surface area (TPSA) is 55.1 Å². The zero-order chi connectivity index (χ0) is 13.7. The van der Waals surface area contributed by atoms with Crippen molar-refractivity contribution in [1.29, 1.82) is 0 Å². The van der Waals surface area contributed by atoms with Crippen LogP contribution in [0.15, 0.2) is 18.2 Å². The van der Waals surface area contributed by atoms with Gasteiger partial charge in [-0.3, -0.25) is 4.79 Å². The summed E-state index contributed by atoms with van der Waals surface area (Å²) in [5.74, 6) is 0.577. The first-order valence-electron chi connectivity index (χ1n) is 7.00. The van der Waals surface area contributed by atoms with Crippen LogP contribution in [-0.4, -0.2) is 5.91 Å². The van der Waals surface area contributed by atoms with Crippen molar-refractivity contribution in [3.63, 3.8) is 0 Å². The van der Waals surface area contributed by atoms with Crippen LogP contribution >= 0.6 is 11.6 Å². The molecule has 1 aromatic rings. The monoisotopic (exact) mass is 280 g/mol. The lowest BCUT2D eigenvalue weighted by Crippen LogP contribution is -2.16. The summed E-state index contributed by atoms with van der Waals surface area (Å²) < 4.78 is 0. The van der Waals surface area contributed by atoms with Crippen LogP contribution in [0.25, 0.3) is 0 Å². The van der Waals surface area contributed by atoms with Crippen molar-refractivity contribution in [3.05, 3.63) is 23.2 Å². The Kier molecular flexibility index (Phi) is 5.08. The standard InChI is InChI=1S/C15H21ClN2O/c16-13-10-12(17)7-8-14(13)18-15(19)9-11-5-3-1-2-4-6-11/h7-8,10-11H,1-6,9,17H2,(H,18,19). The van der Waals surface area contributed by atoms with Gasteiger partial charge in [0.05, 0.1) is 10.7 Å². The molecule has 4 heteroatoms. The fourth-order valence-corrected chi connectivity index (χ4v) is 2.90. The Morgan fingerprint density at radius 3 is 2.58 bits per heavy atom. The molecular formula is C15H21ClN2O. The molecule has 1 fully saturated rings. The van der Waals surface area contributed by atoms with Gasteiger partial charge in [0.15, 0.2) is 0 Å². The van der Waals surface area contributed by atoms with E-state index in [9.17, 15) is 4.79 Å². The van der Waals surface area contributed by atoms with E-state index in [0.29, 0.717) is 28.7 Å². The minimum atomic E-state index is 0.0542. The lowest BCUT2D eigenvalue weighted by Gasteiger charge is -2.14. The number of rotatable bonds is 3. The summed E-state index contributed by atoms with van der Waals surface area (Å²) in [6.07, 6.45) is 8.05. The number of nitrogens with one attached hydrogen (secondary N) is 1. The van der Waals surface area contributed by atoms with Crippen LogP contribution in [0, 0.1) is 5.92 Å². The number of benzene rings is 1. The van der Waals surface area contributed by atoms with Crippen LogP contribution in [0.5, 0.6) is 0 Å². The number of nitrogen functional groups attached to an aromatic ring is 1. The summed E-state index contributed by atoms with van der Waals surface area (Å²) in [6, 6.07) is 5.15. The van der Waals surface area contributed by atoms with Crippen LogP contribution < -0.4 is 11.1 Å². The van der Waals surface area contributed by atoms with E-state index >= 15 is 0 Å². The predicted octanol–water partition coefficient (Wildman–Crippen LogP) is 4.22. The predicted molar refractivity (Wildman–Crippen MR) is 80.3 cm³/mol. The molecule has 1 aliphatic carbocycles. The van der Waals surface area contributed by atoms with Crippen molar-refractivity contribution in [2.24, 2.45) is 5.92 Å². The molecular weight excluding hydrogens is 260 g/mol. The third-order valence-electron chi connectivity index (χ3n) is 3.72. The number of nitrogens with two attached hydrogens (primary N) is 1. The number of anilines is 2. The summed E-state index contributed by atoms with van der Waals surface area (Å²) >= 11 is 6.05. The zero-order valence-electron chi connectivity index (χ0n) is 11.1. The average molecular weight is 281 g/mol. The molecule has 1 aliphatic rings. The molecule has 1 aromatic carbocycles. The van der Waals surface area contributed by atoms with E-state index in [2.05, 4.69) is 5.32 Å². The summed E-state index contributed by atoms with van der Waals surface area (Å²) in [5.41, 5.74) is 6.88. The van der Waals surface area contributed by atoms with Gasteiger partial charge in [0, 0.05) is 12.1 Å². The summed E-state index contributed by atoms with van der Waals surface area (Å²) in [5, 5.41) is 3.37. The van der Waals surface area contributed by atoms with Crippen molar-refractivity contribution in [2.75, 3.05) is 11.1 Å². The van der Waals surface area contributed by atoms with Gasteiger partial charge in [-0.15, -0.1) is 0 Å². The first-order chi connectivity index (χ1) is 9.15. The molecule has 0 spiro atoms. The highest BCUT2D eigenvalue weighted by atomic mass is 35.5. The fraction of sp³-hybridized carbons (Fsp3) is 0.533. The van der Waals surface area contributed by atoms with Gasteiger partial charge in [-0.1, -0.05) is 37.3 Å². The van der Waals surface area contributed by atoms with Crippen molar-refractivity contribution in [3.8, 4) is 0 Å². The molecule has 3 nitrogen and oxygen atoms in total. The van der Waals surface area contributed by atoms with E-state index in [-0.39, 0.29) is 5.91 Å². The molecule has 0 saturated heterocycles. The maximum absolute atomic E-state index is 12.0. The van der Waals surface area contributed by atoms with E-state index < -0.39 is 0 Å². The average Bonchev–Trinajstić information content (AvgIpc) is 2.61. The van der Waals surface area contributed by atoms with Crippen LogP contribution in [0.3, 0.4) is 0 Å². The van der Waals surface area contributed by atoms with Crippen LogP contribution in [-0.2, 0) is 4.79 Å². The minimum absolute atomic E-state index is 0.0542. The van der Waals surface area contributed by atoms with Crippen molar-refractivity contribution < 1.29 is 4.79 Å². The number of carbonyl (C=O) groups excluding carboxylic acids is 1. The van der Waals surface area contributed by atoms with Crippen molar-refractivity contribution in [1.82, 2.24) is 0 Å². The molecule has 3 N–H and O–H groups in total. The Labute approximate surface area is 119 Å². The molecule has 0 radical (unpaired) electrons. The molecule has 19 heavy (non-hydrogen) atoms.